The summed E-state index contributed by atoms with van der Waals surface area (Å²) in [6.45, 7) is 2.80. The Labute approximate surface area is 123 Å². The van der Waals surface area contributed by atoms with E-state index in [4.69, 9.17) is 4.74 Å². The molecular formula is C15H20F2N2O2. The van der Waals surface area contributed by atoms with Gasteiger partial charge in [0, 0.05) is 13.7 Å². The Morgan fingerprint density at radius 3 is 2.71 bits per heavy atom. The third-order valence-electron chi connectivity index (χ3n) is 3.62. The average Bonchev–Trinajstić information content (AvgIpc) is 2.77. The Hall–Kier alpha value is -1.53. The number of benzene rings is 1. The van der Waals surface area contributed by atoms with Crippen LogP contribution in [0.4, 0.5) is 8.78 Å². The minimum atomic E-state index is -0.910. The van der Waals surface area contributed by atoms with Gasteiger partial charge in [-0.25, -0.2) is 8.78 Å². The average molecular weight is 298 g/mol. The number of amides is 1. The van der Waals surface area contributed by atoms with Crippen molar-refractivity contribution in [1.29, 1.82) is 0 Å². The molecule has 6 heteroatoms. The van der Waals surface area contributed by atoms with Crippen LogP contribution in [-0.2, 0) is 9.53 Å². The second kappa shape index (κ2) is 6.95. The van der Waals surface area contributed by atoms with Crippen molar-refractivity contribution in [2.45, 2.75) is 32.0 Å². The maximum Gasteiger partial charge on any atom is 0.241 e. The predicted octanol–water partition coefficient (Wildman–Crippen LogP) is 2.21. The molecule has 2 unspecified atom stereocenters. The van der Waals surface area contributed by atoms with E-state index < -0.39 is 17.8 Å². The predicted molar refractivity (Wildman–Crippen MR) is 74.5 cm³/mol. The van der Waals surface area contributed by atoms with Crippen LogP contribution in [0.25, 0.3) is 0 Å². The van der Waals surface area contributed by atoms with E-state index in [-0.39, 0.29) is 11.9 Å². The molecule has 1 aliphatic heterocycles. The molecule has 0 radical (unpaired) electrons. The number of halogens is 2. The fraction of sp³-hybridized carbons (Fsp3) is 0.533. The summed E-state index contributed by atoms with van der Waals surface area (Å²) in [6, 6.07) is 3.43. The first-order chi connectivity index (χ1) is 10.1. The lowest BCUT2D eigenvalue weighted by Gasteiger charge is -2.24. The minimum Gasteiger partial charge on any atom is -0.383 e. The lowest BCUT2D eigenvalue weighted by molar-refractivity contribution is -0.130. The summed E-state index contributed by atoms with van der Waals surface area (Å²) in [6.07, 6.45) is 1.13. The molecule has 4 nitrogen and oxygen atoms in total. The molecule has 0 spiro atoms. The number of ether oxygens (including phenoxy) is 1. The number of nitrogens with one attached hydrogen (secondary N) is 1. The van der Waals surface area contributed by atoms with Crippen molar-refractivity contribution in [3.8, 4) is 0 Å². The number of hydrogen-bond acceptors (Lipinski definition) is 3. The summed E-state index contributed by atoms with van der Waals surface area (Å²) in [5.74, 6) is -1.83. The number of hydrogen-bond donors (Lipinski definition) is 1. The van der Waals surface area contributed by atoms with E-state index in [9.17, 15) is 13.6 Å². The van der Waals surface area contributed by atoms with Gasteiger partial charge >= 0.3 is 0 Å². The fourth-order valence-corrected chi connectivity index (χ4v) is 2.56. The normalized spacial score (nSPS) is 22.1. The summed E-state index contributed by atoms with van der Waals surface area (Å²) in [5, 5.41) is 3.20. The van der Waals surface area contributed by atoms with Crippen molar-refractivity contribution < 1.29 is 18.3 Å². The zero-order chi connectivity index (χ0) is 15.4. The van der Waals surface area contributed by atoms with Crippen molar-refractivity contribution in [2.75, 3.05) is 20.3 Å². The Morgan fingerprint density at radius 1 is 1.33 bits per heavy atom. The van der Waals surface area contributed by atoms with Gasteiger partial charge in [-0.3, -0.25) is 10.1 Å². The van der Waals surface area contributed by atoms with E-state index in [1.165, 1.54) is 6.07 Å². The van der Waals surface area contributed by atoms with E-state index >= 15 is 0 Å². The molecule has 1 N–H and O–H groups in total. The van der Waals surface area contributed by atoms with E-state index in [0.29, 0.717) is 25.1 Å². The second-order valence-electron chi connectivity index (χ2n) is 5.11. The topological polar surface area (TPSA) is 41.6 Å². The molecule has 0 bridgehead atoms. The Bertz CT molecular complexity index is 510. The smallest absolute Gasteiger partial charge is 0.241 e. The zero-order valence-electron chi connectivity index (χ0n) is 12.2. The second-order valence-corrected chi connectivity index (χ2v) is 5.11. The molecule has 1 aromatic rings. The Kier molecular flexibility index (Phi) is 5.25. The molecule has 1 saturated heterocycles. The standard InChI is InChI=1S/C15H20F2N2O2/c1-3-4-13-15(20)19(7-8-21-2)14(18-13)10-5-6-11(16)12(17)9-10/h5-6,9,13-14,18H,3-4,7-8H2,1-2H3. The number of carbonyl (C=O) groups is 1. The van der Waals surface area contributed by atoms with Crippen LogP contribution < -0.4 is 5.32 Å². The van der Waals surface area contributed by atoms with Crippen molar-refractivity contribution in [1.82, 2.24) is 10.2 Å². The van der Waals surface area contributed by atoms with Crippen LogP contribution in [0.2, 0.25) is 0 Å². The highest BCUT2D eigenvalue weighted by Gasteiger charge is 2.38. The van der Waals surface area contributed by atoms with Crippen molar-refractivity contribution >= 4 is 5.91 Å². The first kappa shape index (κ1) is 15.9. The maximum atomic E-state index is 13.4. The quantitative estimate of drug-likeness (QED) is 0.875. The number of carbonyl (C=O) groups excluding carboxylic acids is 1. The van der Waals surface area contributed by atoms with Gasteiger partial charge in [-0.15, -0.1) is 0 Å². The summed E-state index contributed by atoms with van der Waals surface area (Å²) in [7, 11) is 1.56. The largest absolute Gasteiger partial charge is 0.383 e. The minimum absolute atomic E-state index is 0.0244. The third kappa shape index (κ3) is 3.39. The summed E-state index contributed by atoms with van der Waals surface area (Å²) in [4.78, 5) is 14.0. The highest BCUT2D eigenvalue weighted by molar-refractivity contribution is 5.84. The number of methoxy groups -OCH3 is 1. The monoisotopic (exact) mass is 298 g/mol. The molecule has 1 heterocycles. The van der Waals surface area contributed by atoms with Crippen LogP contribution in [0.5, 0.6) is 0 Å². The zero-order valence-corrected chi connectivity index (χ0v) is 12.2. The molecule has 0 aliphatic carbocycles. The van der Waals surface area contributed by atoms with E-state index in [1.54, 1.807) is 12.0 Å². The molecule has 1 amide bonds. The fourth-order valence-electron chi connectivity index (χ4n) is 2.56. The van der Waals surface area contributed by atoms with Crippen LogP contribution in [-0.4, -0.2) is 37.1 Å². The molecule has 1 aromatic carbocycles. The van der Waals surface area contributed by atoms with E-state index in [0.717, 1.165) is 18.6 Å². The molecule has 0 aromatic heterocycles. The molecule has 0 saturated carbocycles. The molecule has 1 aliphatic rings. The molecule has 2 atom stereocenters. The van der Waals surface area contributed by atoms with Crippen molar-refractivity contribution in [2.24, 2.45) is 0 Å². The Balaban J connectivity index is 2.24. The van der Waals surface area contributed by atoms with Crippen LogP contribution >= 0.6 is 0 Å². The van der Waals surface area contributed by atoms with Crippen molar-refractivity contribution in [3.05, 3.63) is 35.4 Å². The Morgan fingerprint density at radius 2 is 2.10 bits per heavy atom. The summed E-state index contributed by atoms with van der Waals surface area (Å²) < 4.78 is 31.5. The summed E-state index contributed by atoms with van der Waals surface area (Å²) >= 11 is 0. The first-order valence-electron chi connectivity index (χ1n) is 7.09. The molecule has 116 valence electrons. The first-order valence-corrected chi connectivity index (χ1v) is 7.09. The van der Waals surface area contributed by atoms with Gasteiger partial charge in [0.2, 0.25) is 5.91 Å². The van der Waals surface area contributed by atoms with Gasteiger partial charge in [0.25, 0.3) is 0 Å². The van der Waals surface area contributed by atoms with E-state index in [1.807, 2.05) is 6.92 Å². The highest BCUT2D eigenvalue weighted by Crippen LogP contribution is 2.27. The number of rotatable bonds is 6. The van der Waals surface area contributed by atoms with Gasteiger partial charge in [-0.1, -0.05) is 19.4 Å². The van der Waals surface area contributed by atoms with Crippen LogP contribution in [0.3, 0.4) is 0 Å². The van der Waals surface area contributed by atoms with Gasteiger partial charge < -0.3 is 9.64 Å². The third-order valence-corrected chi connectivity index (χ3v) is 3.62. The van der Waals surface area contributed by atoms with Gasteiger partial charge in [0.1, 0.15) is 6.17 Å². The lowest BCUT2D eigenvalue weighted by atomic mass is 10.1. The SMILES string of the molecule is CCCC1NC(c2ccc(F)c(F)c2)N(CCOC)C1=O. The number of nitrogens with zero attached hydrogens (tertiary/aromatic N) is 1. The molecule has 1 fully saturated rings. The van der Waals surface area contributed by atoms with Gasteiger partial charge in [0.05, 0.1) is 12.6 Å². The van der Waals surface area contributed by atoms with Crippen LogP contribution in [0.1, 0.15) is 31.5 Å². The summed E-state index contributed by atoms with van der Waals surface area (Å²) in [5.41, 5.74) is 0.539. The maximum absolute atomic E-state index is 13.4. The molecular weight excluding hydrogens is 278 g/mol. The highest BCUT2D eigenvalue weighted by atomic mass is 19.2. The van der Waals surface area contributed by atoms with E-state index in [2.05, 4.69) is 5.32 Å². The molecule has 2 rings (SSSR count). The van der Waals surface area contributed by atoms with Gasteiger partial charge in [-0.2, -0.15) is 0 Å². The lowest BCUT2D eigenvalue weighted by Crippen LogP contribution is -2.33. The van der Waals surface area contributed by atoms with Gasteiger partial charge in [-0.05, 0) is 24.1 Å². The van der Waals surface area contributed by atoms with Crippen molar-refractivity contribution in [3.63, 3.8) is 0 Å². The van der Waals surface area contributed by atoms with Gasteiger partial charge in [0.15, 0.2) is 11.6 Å². The van der Waals surface area contributed by atoms with Crippen LogP contribution in [0.15, 0.2) is 18.2 Å². The molecule has 21 heavy (non-hydrogen) atoms. The van der Waals surface area contributed by atoms with Crippen LogP contribution in [0, 0.1) is 11.6 Å².